The molecule has 0 aliphatic heterocycles. The number of hydrogen-bond donors (Lipinski definition) is 0. The Hall–Kier alpha value is -5.93. The molecule has 204 valence electrons. The van der Waals surface area contributed by atoms with Gasteiger partial charge in [-0.1, -0.05) is 103 Å². The highest BCUT2D eigenvalue weighted by molar-refractivity contribution is 6.22. The van der Waals surface area contributed by atoms with Crippen molar-refractivity contribution < 1.29 is 0 Å². The molecule has 0 radical (unpaired) electrons. The maximum Gasteiger partial charge on any atom is 0.147 e. The Morgan fingerprint density at radius 1 is 0.364 bits per heavy atom. The Bertz CT molecular complexity index is 2590. The van der Waals surface area contributed by atoms with E-state index in [1.807, 2.05) is 0 Å². The van der Waals surface area contributed by atoms with Crippen molar-refractivity contribution in [2.75, 3.05) is 0 Å². The maximum atomic E-state index is 5.35. The SMILES string of the molecule is c1ccc2cc(-n3c4cc5ccccc5cc4c4c3c3cc5ccccc5nc3n4-c3ccc4ccccc4c3)ccc2c1. The maximum absolute atomic E-state index is 5.35. The van der Waals surface area contributed by atoms with Crippen molar-refractivity contribution in [3.63, 3.8) is 0 Å². The lowest BCUT2D eigenvalue weighted by Gasteiger charge is -2.11. The summed E-state index contributed by atoms with van der Waals surface area (Å²) in [4.78, 5) is 5.35. The predicted octanol–water partition coefficient (Wildman–Crippen LogP) is 10.7. The third-order valence-corrected chi connectivity index (χ3v) is 9.18. The molecule has 10 rings (SSSR count). The van der Waals surface area contributed by atoms with Crippen LogP contribution in [0, 0.1) is 0 Å². The van der Waals surface area contributed by atoms with E-state index in [0.29, 0.717) is 0 Å². The molecule has 0 amide bonds. The van der Waals surface area contributed by atoms with Gasteiger partial charge in [0.2, 0.25) is 0 Å². The first-order valence-corrected chi connectivity index (χ1v) is 15.1. The molecule has 0 unspecified atom stereocenters. The summed E-state index contributed by atoms with van der Waals surface area (Å²) in [6.45, 7) is 0. The van der Waals surface area contributed by atoms with Gasteiger partial charge in [0, 0.05) is 27.5 Å². The second-order valence-electron chi connectivity index (χ2n) is 11.7. The minimum Gasteiger partial charge on any atom is -0.307 e. The van der Waals surface area contributed by atoms with Gasteiger partial charge in [0.25, 0.3) is 0 Å². The fourth-order valence-electron chi connectivity index (χ4n) is 7.14. The quantitative estimate of drug-likeness (QED) is 0.207. The van der Waals surface area contributed by atoms with Crippen LogP contribution >= 0.6 is 0 Å². The zero-order valence-electron chi connectivity index (χ0n) is 23.8. The van der Waals surface area contributed by atoms with Crippen LogP contribution in [0.4, 0.5) is 0 Å². The van der Waals surface area contributed by atoms with Crippen molar-refractivity contribution in [3.05, 3.63) is 152 Å². The van der Waals surface area contributed by atoms with Crippen molar-refractivity contribution in [2.24, 2.45) is 0 Å². The van der Waals surface area contributed by atoms with Crippen LogP contribution in [0.3, 0.4) is 0 Å². The lowest BCUT2D eigenvalue weighted by molar-refractivity contribution is 1.15. The first-order chi connectivity index (χ1) is 21.8. The smallest absolute Gasteiger partial charge is 0.147 e. The van der Waals surface area contributed by atoms with Gasteiger partial charge in [0.05, 0.1) is 22.1 Å². The largest absolute Gasteiger partial charge is 0.307 e. The molecule has 0 atom stereocenters. The van der Waals surface area contributed by atoms with E-state index in [2.05, 4.69) is 161 Å². The van der Waals surface area contributed by atoms with Gasteiger partial charge in [0.15, 0.2) is 0 Å². The van der Waals surface area contributed by atoms with Gasteiger partial charge in [-0.05, 0) is 80.8 Å². The normalized spacial score (nSPS) is 12.1. The molecule has 0 saturated heterocycles. The van der Waals surface area contributed by atoms with Gasteiger partial charge >= 0.3 is 0 Å². The molecule has 3 nitrogen and oxygen atoms in total. The summed E-state index contributed by atoms with van der Waals surface area (Å²) < 4.78 is 4.85. The van der Waals surface area contributed by atoms with Crippen molar-refractivity contribution in [1.29, 1.82) is 0 Å². The standard InChI is InChI=1S/C41H25N3/c1-3-11-28-21-33(19-17-26(28)9-1)43-38-25-31-14-6-5-13-30(31)23-35(38)39-40(43)36-24-32-15-7-8-16-37(32)42-41(36)44(39)34-20-18-27-10-2-4-12-29(27)22-34/h1-25H. The topological polar surface area (TPSA) is 22.8 Å². The van der Waals surface area contributed by atoms with Crippen LogP contribution in [0.5, 0.6) is 0 Å². The van der Waals surface area contributed by atoms with Crippen LogP contribution < -0.4 is 0 Å². The number of hydrogen-bond acceptors (Lipinski definition) is 1. The molecule has 10 aromatic rings. The average molecular weight is 560 g/mol. The first-order valence-electron chi connectivity index (χ1n) is 15.1. The second kappa shape index (κ2) is 8.79. The molecule has 3 heterocycles. The van der Waals surface area contributed by atoms with E-state index in [4.69, 9.17) is 4.98 Å². The Balaban J connectivity index is 1.45. The van der Waals surface area contributed by atoms with Crippen molar-refractivity contribution >= 4 is 76.2 Å². The molecule has 3 heteroatoms. The highest BCUT2D eigenvalue weighted by Crippen LogP contribution is 2.43. The van der Waals surface area contributed by atoms with Gasteiger partial charge in [-0.25, -0.2) is 4.98 Å². The highest BCUT2D eigenvalue weighted by Gasteiger charge is 2.24. The van der Waals surface area contributed by atoms with Gasteiger partial charge in [-0.3, -0.25) is 4.57 Å². The zero-order valence-corrected chi connectivity index (χ0v) is 23.8. The van der Waals surface area contributed by atoms with Crippen LogP contribution in [-0.4, -0.2) is 14.1 Å². The minimum atomic E-state index is 0.966. The van der Waals surface area contributed by atoms with Crippen LogP contribution in [0.1, 0.15) is 0 Å². The fraction of sp³-hybridized carbons (Fsp3) is 0. The van der Waals surface area contributed by atoms with Crippen molar-refractivity contribution in [3.8, 4) is 11.4 Å². The molecule has 0 saturated carbocycles. The molecule has 0 bridgehead atoms. The number of rotatable bonds is 2. The summed E-state index contributed by atoms with van der Waals surface area (Å²) >= 11 is 0. The number of pyridine rings is 1. The van der Waals surface area contributed by atoms with E-state index in [1.165, 1.54) is 54.3 Å². The van der Waals surface area contributed by atoms with Crippen LogP contribution in [0.25, 0.3) is 87.6 Å². The monoisotopic (exact) mass is 559 g/mol. The number of benzene rings is 7. The van der Waals surface area contributed by atoms with Gasteiger partial charge in [-0.2, -0.15) is 0 Å². The molecule has 0 N–H and O–H groups in total. The van der Waals surface area contributed by atoms with E-state index in [9.17, 15) is 0 Å². The molecule has 7 aromatic carbocycles. The molecular weight excluding hydrogens is 534 g/mol. The molecule has 0 spiro atoms. The van der Waals surface area contributed by atoms with Gasteiger partial charge < -0.3 is 4.57 Å². The molecular formula is C41H25N3. The van der Waals surface area contributed by atoms with Crippen molar-refractivity contribution in [2.45, 2.75) is 0 Å². The van der Waals surface area contributed by atoms with Gasteiger partial charge in [-0.15, -0.1) is 0 Å². The highest BCUT2D eigenvalue weighted by atomic mass is 15.1. The summed E-state index contributed by atoms with van der Waals surface area (Å²) in [5.41, 5.74) is 7.75. The summed E-state index contributed by atoms with van der Waals surface area (Å²) in [6, 6.07) is 54.9. The lowest BCUT2D eigenvalue weighted by atomic mass is 10.1. The summed E-state index contributed by atoms with van der Waals surface area (Å²) in [5, 5.41) is 10.8. The first kappa shape index (κ1) is 23.6. The number of nitrogens with zero attached hydrogens (tertiary/aromatic N) is 3. The number of aromatic nitrogens is 3. The third-order valence-electron chi connectivity index (χ3n) is 9.18. The number of para-hydroxylation sites is 1. The molecule has 0 fully saturated rings. The van der Waals surface area contributed by atoms with Crippen LogP contribution in [-0.2, 0) is 0 Å². The summed E-state index contributed by atoms with van der Waals surface area (Å²) in [6.07, 6.45) is 0. The fourth-order valence-corrected chi connectivity index (χ4v) is 7.14. The van der Waals surface area contributed by atoms with Crippen LogP contribution in [0.15, 0.2) is 152 Å². The molecule has 0 aliphatic carbocycles. The minimum absolute atomic E-state index is 0.966. The van der Waals surface area contributed by atoms with E-state index < -0.39 is 0 Å². The van der Waals surface area contributed by atoms with Crippen LogP contribution in [0.2, 0.25) is 0 Å². The van der Waals surface area contributed by atoms with E-state index >= 15 is 0 Å². The second-order valence-corrected chi connectivity index (χ2v) is 11.7. The van der Waals surface area contributed by atoms with Gasteiger partial charge in [0.1, 0.15) is 5.65 Å². The number of fused-ring (bicyclic) bond motifs is 9. The van der Waals surface area contributed by atoms with E-state index in [0.717, 1.165) is 33.3 Å². The lowest BCUT2D eigenvalue weighted by Crippen LogP contribution is -1.96. The average Bonchev–Trinajstić information content (AvgIpc) is 3.57. The zero-order chi connectivity index (χ0) is 28.8. The Morgan fingerprint density at radius 2 is 0.841 bits per heavy atom. The molecule has 44 heavy (non-hydrogen) atoms. The third kappa shape index (κ3) is 3.29. The Labute approximate surface area is 252 Å². The van der Waals surface area contributed by atoms with E-state index in [-0.39, 0.29) is 0 Å². The Morgan fingerprint density at radius 3 is 1.50 bits per heavy atom. The molecule has 0 aliphatic rings. The Kier molecular flexibility index (Phi) is 4.72. The summed E-state index contributed by atoms with van der Waals surface area (Å²) in [7, 11) is 0. The van der Waals surface area contributed by atoms with Crippen molar-refractivity contribution in [1.82, 2.24) is 14.1 Å². The molecule has 3 aromatic heterocycles. The van der Waals surface area contributed by atoms with E-state index in [1.54, 1.807) is 0 Å². The summed E-state index contributed by atoms with van der Waals surface area (Å²) in [5.74, 6) is 0. The predicted molar refractivity (Wildman–Crippen MR) is 185 cm³/mol.